The Morgan fingerprint density at radius 3 is 1.27 bits per heavy atom. The van der Waals surface area contributed by atoms with Crippen LogP contribution in [0, 0.1) is 0 Å². The Labute approximate surface area is 73.0 Å². The molecule has 0 atom stereocenters. The highest BCUT2D eigenvalue weighted by Gasteiger charge is 1.64. The number of aliphatic hydroxyl groups is 1. The fraction of sp³-hybridized carbons (Fsp3) is 1.00. The molecule has 0 aliphatic rings. The standard InChI is InChI=1S/C4H11N.2C2H6.CH4O/c1-3-4-5-2;3*1-2/h5H,3-4H2,1-2H3;2*1-2H3;2H,1H3. The molecule has 0 saturated carbocycles. The SMILES string of the molecule is CC.CC.CCCNC.CO. The zero-order chi connectivity index (χ0) is 10.1. The second-order valence-corrected chi connectivity index (χ2v) is 1.10. The summed E-state index contributed by atoms with van der Waals surface area (Å²) in [6, 6.07) is 0. The molecular weight excluding hydrogens is 138 g/mol. The first-order valence-electron chi connectivity index (χ1n) is 4.51. The molecule has 0 aliphatic heterocycles. The quantitative estimate of drug-likeness (QED) is 0.658. The van der Waals surface area contributed by atoms with E-state index in [4.69, 9.17) is 5.11 Å². The Hall–Kier alpha value is -0.0800. The second kappa shape index (κ2) is 92.6. The maximum Gasteiger partial charge on any atom is 0.0319 e. The molecule has 2 nitrogen and oxygen atoms in total. The van der Waals surface area contributed by atoms with Crippen LogP contribution < -0.4 is 5.32 Å². The van der Waals surface area contributed by atoms with Gasteiger partial charge in [-0.15, -0.1) is 0 Å². The first kappa shape index (κ1) is 22.4. The predicted octanol–water partition coefficient (Wildman–Crippen LogP) is 2.28. The van der Waals surface area contributed by atoms with Gasteiger partial charge in [0.15, 0.2) is 0 Å². The van der Waals surface area contributed by atoms with Gasteiger partial charge in [-0.25, -0.2) is 0 Å². The highest BCUT2D eigenvalue weighted by atomic mass is 16.2. The van der Waals surface area contributed by atoms with Crippen LogP contribution in [0.25, 0.3) is 0 Å². The highest BCUT2D eigenvalue weighted by Crippen LogP contribution is 1.62. The van der Waals surface area contributed by atoms with Crippen molar-refractivity contribution < 1.29 is 5.11 Å². The zero-order valence-electron chi connectivity index (χ0n) is 9.36. The molecular formula is C9H27NO. The maximum atomic E-state index is 7.00. The summed E-state index contributed by atoms with van der Waals surface area (Å²) in [5.41, 5.74) is 0. The molecule has 11 heavy (non-hydrogen) atoms. The lowest BCUT2D eigenvalue weighted by molar-refractivity contribution is 0.399. The third kappa shape index (κ3) is 169. The number of hydrogen-bond donors (Lipinski definition) is 2. The molecule has 0 bridgehead atoms. The Bertz CT molecular complexity index is 17.0. The third-order valence-electron chi connectivity index (χ3n) is 0.500. The van der Waals surface area contributed by atoms with E-state index in [0.29, 0.717) is 0 Å². The van der Waals surface area contributed by atoms with Crippen LogP contribution >= 0.6 is 0 Å². The van der Waals surface area contributed by atoms with Gasteiger partial charge in [0.05, 0.1) is 0 Å². The molecule has 0 aliphatic carbocycles. The predicted molar refractivity (Wildman–Crippen MR) is 55.1 cm³/mol. The molecule has 0 rings (SSSR count). The minimum Gasteiger partial charge on any atom is -0.400 e. The lowest BCUT2D eigenvalue weighted by Crippen LogP contribution is -2.04. The van der Waals surface area contributed by atoms with E-state index >= 15 is 0 Å². The fourth-order valence-electron chi connectivity index (χ4n) is 0.250. The number of rotatable bonds is 2. The van der Waals surface area contributed by atoms with Gasteiger partial charge in [-0.2, -0.15) is 0 Å². The van der Waals surface area contributed by atoms with Gasteiger partial charge in [-0.1, -0.05) is 34.6 Å². The van der Waals surface area contributed by atoms with Crippen molar-refractivity contribution in [2.45, 2.75) is 41.0 Å². The average Bonchev–Trinajstić information content (AvgIpc) is 2.16. The molecule has 0 aromatic heterocycles. The molecule has 0 aromatic rings. The van der Waals surface area contributed by atoms with Crippen molar-refractivity contribution in [1.29, 1.82) is 0 Å². The first-order valence-corrected chi connectivity index (χ1v) is 4.51. The van der Waals surface area contributed by atoms with Gasteiger partial charge in [-0.3, -0.25) is 0 Å². The molecule has 74 valence electrons. The van der Waals surface area contributed by atoms with E-state index in [9.17, 15) is 0 Å². The van der Waals surface area contributed by atoms with Crippen LogP contribution in [0.3, 0.4) is 0 Å². The molecule has 2 heteroatoms. The Morgan fingerprint density at radius 2 is 1.27 bits per heavy atom. The van der Waals surface area contributed by atoms with Crippen molar-refractivity contribution in [1.82, 2.24) is 5.32 Å². The van der Waals surface area contributed by atoms with Crippen LogP contribution in [-0.2, 0) is 0 Å². The van der Waals surface area contributed by atoms with Crippen molar-refractivity contribution in [3.8, 4) is 0 Å². The van der Waals surface area contributed by atoms with E-state index in [0.717, 1.165) is 13.7 Å². The lowest BCUT2D eigenvalue weighted by Gasteiger charge is -1.84. The smallest absolute Gasteiger partial charge is 0.0319 e. The average molecular weight is 165 g/mol. The molecule has 0 unspecified atom stereocenters. The van der Waals surface area contributed by atoms with Crippen molar-refractivity contribution in [2.24, 2.45) is 0 Å². The fourth-order valence-corrected chi connectivity index (χ4v) is 0.250. The van der Waals surface area contributed by atoms with E-state index in [1.54, 1.807) is 0 Å². The molecule has 2 N–H and O–H groups in total. The van der Waals surface area contributed by atoms with Crippen LogP contribution in [0.4, 0.5) is 0 Å². The van der Waals surface area contributed by atoms with E-state index in [1.165, 1.54) is 6.42 Å². The number of nitrogens with one attached hydrogen (secondary N) is 1. The largest absolute Gasteiger partial charge is 0.400 e. The minimum atomic E-state index is 1.00. The summed E-state index contributed by atoms with van der Waals surface area (Å²) in [5.74, 6) is 0. The Balaban J connectivity index is -0.0000000350. The molecule has 0 fully saturated rings. The Kier molecular flexibility index (Phi) is 189. The van der Waals surface area contributed by atoms with E-state index < -0.39 is 0 Å². The monoisotopic (exact) mass is 165 g/mol. The molecule has 0 spiro atoms. The van der Waals surface area contributed by atoms with E-state index in [2.05, 4.69) is 12.2 Å². The topological polar surface area (TPSA) is 32.3 Å². The second-order valence-electron chi connectivity index (χ2n) is 1.10. The third-order valence-corrected chi connectivity index (χ3v) is 0.500. The van der Waals surface area contributed by atoms with Crippen molar-refractivity contribution >= 4 is 0 Å². The molecule has 0 saturated heterocycles. The van der Waals surface area contributed by atoms with Crippen LogP contribution in [0.1, 0.15) is 41.0 Å². The summed E-state index contributed by atoms with van der Waals surface area (Å²) < 4.78 is 0. The van der Waals surface area contributed by atoms with E-state index in [-0.39, 0.29) is 0 Å². The van der Waals surface area contributed by atoms with Crippen LogP contribution in [0.5, 0.6) is 0 Å². The van der Waals surface area contributed by atoms with Crippen LogP contribution in [-0.4, -0.2) is 25.8 Å². The van der Waals surface area contributed by atoms with Crippen LogP contribution in [0.2, 0.25) is 0 Å². The summed E-state index contributed by atoms with van der Waals surface area (Å²) in [6.45, 7) is 11.3. The van der Waals surface area contributed by atoms with Crippen molar-refractivity contribution in [2.75, 3.05) is 20.7 Å². The molecule has 0 amide bonds. The van der Waals surface area contributed by atoms with Crippen LogP contribution in [0.15, 0.2) is 0 Å². The van der Waals surface area contributed by atoms with Gasteiger partial charge in [-0.05, 0) is 20.0 Å². The summed E-state index contributed by atoms with van der Waals surface area (Å²) >= 11 is 0. The number of hydrogen-bond acceptors (Lipinski definition) is 2. The van der Waals surface area contributed by atoms with Gasteiger partial charge in [0.2, 0.25) is 0 Å². The lowest BCUT2D eigenvalue weighted by atomic mass is 10.5. The van der Waals surface area contributed by atoms with Crippen molar-refractivity contribution in [3.63, 3.8) is 0 Å². The zero-order valence-corrected chi connectivity index (χ0v) is 9.36. The summed E-state index contributed by atoms with van der Waals surface area (Å²) in [6.07, 6.45) is 1.23. The van der Waals surface area contributed by atoms with E-state index in [1.807, 2.05) is 34.7 Å². The Morgan fingerprint density at radius 1 is 1.00 bits per heavy atom. The first-order chi connectivity index (χ1) is 5.41. The molecule has 0 aromatic carbocycles. The number of aliphatic hydroxyl groups excluding tert-OH is 1. The molecule has 0 radical (unpaired) electrons. The minimum absolute atomic E-state index is 1.00. The summed E-state index contributed by atoms with van der Waals surface area (Å²) in [4.78, 5) is 0. The van der Waals surface area contributed by atoms with Gasteiger partial charge in [0.25, 0.3) is 0 Å². The van der Waals surface area contributed by atoms with Gasteiger partial charge in [0.1, 0.15) is 0 Å². The van der Waals surface area contributed by atoms with Gasteiger partial charge < -0.3 is 10.4 Å². The highest BCUT2D eigenvalue weighted by molar-refractivity contribution is 4.28. The van der Waals surface area contributed by atoms with Crippen molar-refractivity contribution in [3.05, 3.63) is 0 Å². The van der Waals surface area contributed by atoms with Gasteiger partial charge in [0, 0.05) is 7.11 Å². The summed E-state index contributed by atoms with van der Waals surface area (Å²) in [7, 11) is 2.96. The van der Waals surface area contributed by atoms with Gasteiger partial charge >= 0.3 is 0 Å². The summed E-state index contributed by atoms with van der Waals surface area (Å²) in [5, 5.41) is 10.0. The maximum absolute atomic E-state index is 7.00. The molecule has 0 heterocycles. The normalized spacial score (nSPS) is 5.45.